The van der Waals surface area contributed by atoms with E-state index in [1.807, 2.05) is 36.0 Å². The van der Waals surface area contributed by atoms with Gasteiger partial charge in [-0.2, -0.15) is 0 Å². The van der Waals surface area contributed by atoms with Crippen molar-refractivity contribution in [3.8, 4) is 5.75 Å². The van der Waals surface area contributed by atoms with Gasteiger partial charge in [-0.05, 0) is 17.7 Å². The number of ether oxygens (including phenoxy) is 1. The van der Waals surface area contributed by atoms with Gasteiger partial charge in [0.1, 0.15) is 5.75 Å². The molecule has 1 heterocycles. The fourth-order valence-corrected chi connectivity index (χ4v) is 1.97. The number of methoxy groups -OCH3 is 1. The lowest BCUT2D eigenvalue weighted by atomic mass is 10.1. The molecular weight excluding hydrogens is 206 g/mol. The smallest absolute Gasteiger partial charge is 0.307 e. The van der Waals surface area contributed by atoms with Gasteiger partial charge in [0.15, 0.2) is 0 Å². The third-order valence-electron chi connectivity index (χ3n) is 2.62. The van der Waals surface area contributed by atoms with Crippen LogP contribution >= 0.6 is 0 Å². The number of aliphatic carboxylic acids is 1. The van der Waals surface area contributed by atoms with Crippen molar-refractivity contribution in [2.45, 2.75) is 6.42 Å². The predicted octanol–water partition coefficient (Wildman–Crippen LogP) is 1.81. The summed E-state index contributed by atoms with van der Waals surface area (Å²) in [6.45, 7) is 0. The van der Waals surface area contributed by atoms with Crippen molar-refractivity contribution < 1.29 is 14.6 Å². The molecule has 4 nitrogen and oxygen atoms in total. The summed E-state index contributed by atoms with van der Waals surface area (Å²) in [5.74, 6) is -0.118. The van der Waals surface area contributed by atoms with Gasteiger partial charge in [-0.3, -0.25) is 4.79 Å². The van der Waals surface area contributed by atoms with E-state index in [-0.39, 0.29) is 6.42 Å². The number of carboxylic acids is 1. The van der Waals surface area contributed by atoms with E-state index in [1.165, 1.54) is 0 Å². The quantitative estimate of drug-likeness (QED) is 0.856. The molecule has 0 saturated heterocycles. The highest BCUT2D eigenvalue weighted by molar-refractivity contribution is 5.92. The molecule has 0 amide bonds. The van der Waals surface area contributed by atoms with Gasteiger partial charge >= 0.3 is 5.97 Å². The molecule has 0 atom stereocenters. The molecule has 0 aliphatic heterocycles. The van der Waals surface area contributed by atoms with Gasteiger partial charge in [0.2, 0.25) is 0 Å². The average molecular weight is 219 g/mol. The number of fused-ring (bicyclic) bond motifs is 1. The normalized spacial score (nSPS) is 10.6. The van der Waals surface area contributed by atoms with Gasteiger partial charge in [0.05, 0.1) is 19.0 Å². The van der Waals surface area contributed by atoms with E-state index in [1.54, 1.807) is 7.11 Å². The van der Waals surface area contributed by atoms with Crippen LogP contribution in [0, 0.1) is 0 Å². The number of rotatable bonds is 3. The van der Waals surface area contributed by atoms with Gasteiger partial charge in [-0.1, -0.05) is 6.07 Å². The minimum Gasteiger partial charge on any atom is -0.496 e. The van der Waals surface area contributed by atoms with E-state index >= 15 is 0 Å². The van der Waals surface area contributed by atoms with Crippen LogP contribution in [-0.4, -0.2) is 22.8 Å². The van der Waals surface area contributed by atoms with Gasteiger partial charge in [0, 0.05) is 18.6 Å². The Labute approximate surface area is 93.1 Å². The number of aromatic nitrogens is 1. The summed E-state index contributed by atoms with van der Waals surface area (Å²) in [6.07, 6.45) is 1.85. The molecule has 1 N–H and O–H groups in total. The Hall–Kier alpha value is -1.97. The Balaban J connectivity index is 2.69. The molecule has 2 rings (SSSR count). The lowest BCUT2D eigenvalue weighted by Gasteiger charge is -2.03. The molecular formula is C12H13NO3. The zero-order chi connectivity index (χ0) is 11.7. The van der Waals surface area contributed by atoms with E-state index < -0.39 is 5.97 Å². The number of carbonyl (C=O) groups is 1. The van der Waals surface area contributed by atoms with Crippen LogP contribution in [0.5, 0.6) is 5.75 Å². The maximum atomic E-state index is 10.8. The summed E-state index contributed by atoms with van der Waals surface area (Å²) < 4.78 is 7.17. The summed E-state index contributed by atoms with van der Waals surface area (Å²) in [4.78, 5) is 10.8. The van der Waals surface area contributed by atoms with Crippen molar-refractivity contribution in [3.63, 3.8) is 0 Å². The molecule has 0 aliphatic carbocycles. The van der Waals surface area contributed by atoms with Crippen LogP contribution in [0.25, 0.3) is 10.9 Å². The summed E-state index contributed by atoms with van der Waals surface area (Å²) in [5.41, 5.74) is 1.76. The van der Waals surface area contributed by atoms with E-state index in [4.69, 9.17) is 9.84 Å². The second kappa shape index (κ2) is 3.89. The molecule has 2 aromatic rings. The number of hydrogen-bond acceptors (Lipinski definition) is 2. The van der Waals surface area contributed by atoms with Crippen LogP contribution in [0.4, 0.5) is 0 Å². The molecule has 4 heteroatoms. The van der Waals surface area contributed by atoms with E-state index in [9.17, 15) is 4.79 Å². The molecule has 0 bridgehead atoms. The van der Waals surface area contributed by atoms with Gasteiger partial charge in [0.25, 0.3) is 0 Å². The van der Waals surface area contributed by atoms with Gasteiger partial charge in [-0.25, -0.2) is 0 Å². The van der Waals surface area contributed by atoms with Gasteiger partial charge in [-0.15, -0.1) is 0 Å². The van der Waals surface area contributed by atoms with Crippen LogP contribution in [0.15, 0.2) is 24.4 Å². The first-order valence-corrected chi connectivity index (χ1v) is 4.96. The van der Waals surface area contributed by atoms with E-state index in [0.717, 1.165) is 16.5 Å². The first kappa shape index (κ1) is 10.5. The summed E-state index contributed by atoms with van der Waals surface area (Å²) in [6, 6.07) is 5.68. The molecule has 0 unspecified atom stereocenters. The SMILES string of the molecule is COc1cccc2c1c(CC(=O)O)cn2C. The first-order chi connectivity index (χ1) is 7.63. The Bertz CT molecular complexity index is 542. The number of nitrogens with zero attached hydrogens (tertiary/aromatic N) is 1. The van der Waals surface area contributed by atoms with Crippen molar-refractivity contribution in [2.24, 2.45) is 7.05 Å². The standard InChI is InChI=1S/C12H13NO3/c1-13-7-8(6-11(14)15)12-9(13)4-3-5-10(12)16-2/h3-5,7H,6H2,1-2H3,(H,14,15). The predicted molar refractivity (Wildman–Crippen MR) is 60.8 cm³/mol. The highest BCUT2D eigenvalue weighted by Crippen LogP contribution is 2.30. The second-order valence-electron chi connectivity index (χ2n) is 3.69. The zero-order valence-corrected chi connectivity index (χ0v) is 9.23. The first-order valence-electron chi connectivity index (χ1n) is 4.96. The molecule has 1 aromatic carbocycles. The number of aryl methyl sites for hydroxylation is 1. The number of benzene rings is 1. The Kier molecular flexibility index (Phi) is 2.56. The molecule has 0 fully saturated rings. The topological polar surface area (TPSA) is 51.5 Å². The fraction of sp³-hybridized carbons (Fsp3) is 0.250. The Morgan fingerprint density at radius 1 is 1.50 bits per heavy atom. The monoisotopic (exact) mass is 219 g/mol. The lowest BCUT2D eigenvalue weighted by molar-refractivity contribution is -0.136. The van der Waals surface area contributed by atoms with Crippen LogP contribution < -0.4 is 4.74 Å². The molecule has 0 radical (unpaired) electrons. The minimum atomic E-state index is -0.835. The molecule has 0 saturated carbocycles. The highest BCUT2D eigenvalue weighted by atomic mass is 16.5. The molecule has 16 heavy (non-hydrogen) atoms. The molecule has 1 aromatic heterocycles. The van der Waals surface area contributed by atoms with Crippen molar-refractivity contribution in [1.29, 1.82) is 0 Å². The van der Waals surface area contributed by atoms with Crippen LogP contribution in [0.2, 0.25) is 0 Å². The van der Waals surface area contributed by atoms with Gasteiger partial charge < -0.3 is 14.4 Å². The van der Waals surface area contributed by atoms with E-state index in [0.29, 0.717) is 5.75 Å². The fourth-order valence-electron chi connectivity index (χ4n) is 1.97. The molecule has 0 aliphatic rings. The molecule has 0 spiro atoms. The Morgan fingerprint density at radius 2 is 2.25 bits per heavy atom. The largest absolute Gasteiger partial charge is 0.496 e. The zero-order valence-electron chi connectivity index (χ0n) is 9.23. The average Bonchev–Trinajstić information content (AvgIpc) is 2.55. The van der Waals surface area contributed by atoms with E-state index in [2.05, 4.69) is 0 Å². The summed E-state index contributed by atoms with van der Waals surface area (Å²) in [5, 5.41) is 9.73. The maximum absolute atomic E-state index is 10.8. The third kappa shape index (κ3) is 1.62. The van der Waals surface area contributed by atoms with Crippen LogP contribution in [0.3, 0.4) is 0 Å². The Morgan fingerprint density at radius 3 is 2.88 bits per heavy atom. The van der Waals surface area contributed by atoms with Crippen molar-refractivity contribution in [3.05, 3.63) is 30.0 Å². The molecule has 84 valence electrons. The second-order valence-corrected chi connectivity index (χ2v) is 3.69. The minimum absolute atomic E-state index is 0.0116. The van der Waals surface area contributed by atoms with Crippen molar-refractivity contribution in [1.82, 2.24) is 4.57 Å². The van der Waals surface area contributed by atoms with Crippen molar-refractivity contribution in [2.75, 3.05) is 7.11 Å². The highest BCUT2D eigenvalue weighted by Gasteiger charge is 2.13. The van der Waals surface area contributed by atoms with Crippen LogP contribution in [-0.2, 0) is 18.3 Å². The third-order valence-corrected chi connectivity index (χ3v) is 2.62. The van der Waals surface area contributed by atoms with Crippen LogP contribution in [0.1, 0.15) is 5.56 Å². The summed E-state index contributed by atoms with van der Waals surface area (Å²) in [7, 11) is 3.49. The lowest BCUT2D eigenvalue weighted by Crippen LogP contribution is -1.99. The number of carboxylic acid groups (broad SMARTS) is 1. The summed E-state index contributed by atoms with van der Waals surface area (Å²) >= 11 is 0. The maximum Gasteiger partial charge on any atom is 0.307 e. The van der Waals surface area contributed by atoms with Crippen molar-refractivity contribution >= 4 is 16.9 Å². The number of hydrogen-bond donors (Lipinski definition) is 1.